The van der Waals surface area contributed by atoms with Gasteiger partial charge in [-0.05, 0) is 38.0 Å². The highest BCUT2D eigenvalue weighted by Crippen LogP contribution is 2.33. The minimum absolute atomic E-state index is 0.0695. The van der Waals surface area contributed by atoms with E-state index >= 15 is 0 Å². The van der Waals surface area contributed by atoms with Crippen LogP contribution >= 0.6 is 0 Å². The summed E-state index contributed by atoms with van der Waals surface area (Å²) < 4.78 is 12.4. The lowest BCUT2D eigenvalue weighted by molar-refractivity contribution is -0.140. The quantitative estimate of drug-likeness (QED) is 0.823. The number of nitrogens with zero attached hydrogens (tertiary/aromatic N) is 3. The fourth-order valence-corrected chi connectivity index (χ4v) is 3.53. The van der Waals surface area contributed by atoms with E-state index in [2.05, 4.69) is 10.4 Å². The molecule has 9 heteroatoms. The Hall–Kier alpha value is -3.07. The van der Waals surface area contributed by atoms with E-state index in [1.54, 1.807) is 40.0 Å². The third-order valence-corrected chi connectivity index (χ3v) is 5.03. The average Bonchev–Trinajstić information content (AvgIpc) is 3.36. The third kappa shape index (κ3) is 3.53. The van der Waals surface area contributed by atoms with Crippen LogP contribution in [-0.2, 0) is 4.79 Å². The van der Waals surface area contributed by atoms with E-state index in [0.29, 0.717) is 48.8 Å². The molecule has 4 rings (SSSR count). The number of rotatable bonds is 4. The van der Waals surface area contributed by atoms with Gasteiger partial charge in [0.1, 0.15) is 11.9 Å². The molecule has 0 radical (unpaired) electrons. The molecule has 0 unspecified atom stereocenters. The zero-order valence-electron chi connectivity index (χ0n) is 15.5. The predicted molar refractivity (Wildman–Crippen MR) is 99.3 cm³/mol. The van der Waals surface area contributed by atoms with Gasteiger partial charge in [0, 0.05) is 24.7 Å². The number of carbonyl (C=O) groups excluding carboxylic acids is 2. The predicted octanol–water partition coefficient (Wildman–Crippen LogP) is 1.41. The molecule has 9 nitrogen and oxygen atoms in total. The zero-order chi connectivity index (χ0) is 19.7. The number of ether oxygens (including phenoxy) is 2. The van der Waals surface area contributed by atoms with Crippen molar-refractivity contribution < 1.29 is 24.2 Å². The molecular weight excluding hydrogens is 364 g/mol. The SMILES string of the molecule is C[C@@H](O)C(=O)N1CCC(n2nccc2NC(=O)c2ccc3c(c2)OCO3)CC1. The van der Waals surface area contributed by atoms with Gasteiger partial charge in [0.2, 0.25) is 6.79 Å². The van der Waals surface area contributed by atoms with Crippen molar-refractivity contribution in [2.45, 2.75) is 31.9 Å². The molecule has 1 saturated heterocycles. The van der Waals surface area contributed by atoms with Gasteiger partial charge in [-0.3, -0.25) is 9.59 Å². The van der Waals surface area contributed by atoms with Gasteiger partial charge in [0.15, 0.2) is 11.5 Å². The average molecular weight is 386 g/mol. The number of aromatic nitrogens is 2. The first-order valence-corrected chi connectivity index (χ1v) is 9.24. The van der Waals surface area contributed by atoms with E-state index in [1.165, 1.54) is 6.92 Å². The van der Waals surface area contributed by atoms with Crippen LogP contribution in [0.4, 0.5) is 5.82 Å². The molecule has 0 aliphatic carbocycles. The van der Waals surface area contributed by atoms with Crippen molar-refractivity contribution in [3.63, 3.8) is 0 Å². The first-order valence-electron chi connectivity index (χ1n) is 9.24. The van der Waals surface area contributed by atoms with Gasteiger partial charge >= 0.3 is 0 Å². The molecule has 2 aromatic rings. The Bertz CT molecular complexity index is 886. The summed E-state index contributed by atoms with van der Waals surface area (Å²) in [6, 6.07) is 6.87. The number of aliphatic hydroxyl groups is 1. The fourth-order valence-electron chi connectivity index (χ4n) is 3.53. The zero-order valence-corrected chi connectivity index (χ0v) is 15.5. The molecule has 2 aliphatic rings. The van der Waals surface area contributed by atoms with Crippen molar-refractivity contribution in [3.05, 3.63) is 36.0 Å². The van der Waals surface area contributed by atoms with Crippen LogP contribution in [0.2, 0.25) is 0 Å². The van der Waals surface area contributed by atoms with E-state index < -0.39 is 6.10 Å². The number of amides is 2. The number of carbonyl (C=O) groups is 2. The topological polar surface area (TPSA) is 106 Å². The minimum Gasteiger partial charge on any atom is -0.454 e. The second-order valence-corrected chi connectivity index (χ2v) is 6.92. The van der Waals surface area contributed by atoms with Crippen LogP contribution in [0.15, 0.2) is 30.5 Å². The minimum atomic E-state index is -0.988. The Morgan fingerprint density at radius 1 is 1.21 bits per heavy atom. The first-order chi connectivity index (χ1) is 13.5. The van der Waals surface area contributed by atoms with E-state index in [4.69, 9.17) is 9.47 Å². The van der Waals surface area contributed by atoms with Gasteiger partial charge < -0.3 is 24.8 Å². The Morgan fingerprint density at radius 3 is 2.71 bits per heavy atom. The largest absolute Gasteiger partial charge is 0.454 e. The number of benzene rings is 1. The van der Waals surface area contributed by atoms with Gasteiger partial charge in [0.25, 0.3) is 11.8 Å². The van der Waals surface area contributed by atoms with E-state index in [0.717, 1.165) is 0 Å². The van der Waals surface area contributed by atoms with Crippen molar-refractivity contribution in [1.82, 2.24) is 14.7 Å². The number of aliphatic hydroxyl groups excluding tert-OH is 1. The van der Waals surface area contributed by atoms with Crippen LogP contribution in [0, 0.1) is 0 Å². The maximum atomic E-state index is 12.6. The number of piperidine rings is 1. The lowest BCUT2D eigenvalue weighted by Crippen LogP contribution is -2.43. The highest BCUT2D eigenvalue weighted by atomic mass is 16.7. The van der Waals surface area contributed by atoms with E-state index in [9.17, 15) is 14.7 Å². The Balaban J connectivity index is 1.42. The Labute approximate surface area is 161 Å². The molecule has 1 atom stereocenters. The number of anilines is 1. The van der Waals surface area contributed by atoms with Crippen LogP contribution in [0.1, 0.15) is 36.2 Å². The van der Waals surface area contributed by atoms with Gasteiger partial charge in [-0.2, -0.15) is 5.10 Å². The van der Waals surface area contributed by atoms with Crippen molar-refractivity contribution >= 4 is 17.6 Å². The van der Waals surface area contributed by atoms with Crippen LogP contribution in [0.3, 0.4) is 0 Å². The molecule has 0 bridgehead atoms. The maximum absolute atomic E-state index is 12.6. The third-order valence-electron chi connectivity index (χ3n) is 5.03. The van der Waals surface area contributed by atoms with E-state index in [-0.39, 0.29) is 24.6 Å². The van der Waals surface area contributed by atoms with Crippen LogP contribution in [0.25, 0.3) is 0 Å². The maximum Gasteiger partial charge on any atom is 0.256 e. The summed E-state index contributed by atoms with van der Waals surface area (Å²) in [5.74, 6) is 1.26. The number of likely N-dealkylation sites (tertiary alicyclic amines) is 1. The molecule has 2 amide bonds. The highest BCUT2D eigenvalue weighted by molar-refractivity contribution is 6.04. The lowest BCUT2D eigenvalue weighted by Gasteiger charge is -2.33. The molecule has 1 fully saturated rings. The summed E-state index contributed by atoms with van der Waals surface area (Å²) in [7, 11) is 0. The molecular formula is C19H22N4O5. The molecule has 2 aliphatic heterocycles. The van der Waals surface area contributed by atoms with Crippen molar-refractivity contribution in [2.75, 3.05) is 25.2 Å². The van der Waals surface area contributed by atoms with E-state index in [1.807, 2.05) is 0 Å². The molecule has 1 aromatic carbocycles. The number of hydrogen-bond donors (Lipinski definition) is 2. The number of hydrogen-bond acceptors (Lipinski definition) is 6. The molecule has 3 heterocycles. The van der Waals surface area contributed by atoms with Gasteiger partial charge in [0.05, 0.1) is 12.2 Å². The Morgan fingerprint density at radius 2 is 1.96 bits per heavy atom. The molecule has 148 valence electrons. The number of fused-ring (bicyclic) bond motifs is 1. The smallest absolute Gasteiger partial charge is 0.256 e. The van der Waals surface area contributed by atoms with Crippen LogP contribution < -0.4 is 14.8 Å². The summed E-state index contributed by atoms with van der Waals surface area (Å²) in [6.45, 7) is 2.72. The number of nitrogens with one attached hydrogen (secondary N) is 1. The summed E-state index contributed by atoms with van der Waals surface area (Å²) in [5.41, 5.74) is 0.467. The molecule has 1 aromatic heterocycles. The van der Waals surface area contributed by atoms with Crippen LogP contribution in [0.5, 0.6) is 11.5 Å². The molecule has 0 saturated carbocycles. The van der Waals surface area contributed by atoms with Crippen molar-refractivity contribution in [3.8, 4) is 11.5 Å². The normalized spacial score (nSPS) is 17.4. The fraction of sp³-hybridized carbons (Fsp3) is 0.421. The highest BCUT2D eigenvalue weighted by Gasteiger charge is 2.27. The lowest BCUT2D eigenvalue weighted by atomic mass is 10.0. The first kappa shape index (κ1) is 18.3. The monoisotopic (exact) mass is 386 g/mol. The molecule has 2 N–H and O–H groups in total. The van der Waals surface area contributed by atoms with Gasteiger partial charge in [-0.1, -0.05) is 0 Å². The summed E-state index contributed by atoms with van der Waals surface area (Å²) in [5, 5.41) is 16.7. The van der Waals surface area contributed by atoms with Crippen LogP contribution in [-0.4, -0.2) is 57.6 Å². The summed E-state index contributed by atoms with van der Waals surface area (Å²) in [4.78, 5) is 26.2. The van der Waals surface area contributed by atoms with Gasteiger partial charge in [-0.15, -0.1) is 0 Å². The second-order valence-electron chi connectivity index (χ2n) is 6.92. The van der Waals surface area contributed by atoms with Crippen molar-refractivity contribution in [1.29, 1.82) is 0 Å². The van der Waals surface area contributed by atoms with Gasteiger partial charge in [-0.25, -0.2) is 4.68 Å². The summed E-state index contributed by atoms with van der Waals surface area (Å²) in [6.07, 6.45) is 2.06. The standard InChI is InChI=1S/C19H22N4O5/c1-12(24)19(26)22-8-5-14(6-9-22)23-17(4-7-20-23)21-18(25)13-2-3-15-16(10-13)28-11-27-15/h2-4,7,10,12,14,24H,5-6,8-9,11H2,1H3,(H,21,25)/t12-/m1/s1. The Kier molecular flexibility index (Phi) is 4.91. The second kappa shape index (κ2) is 7.51. The molecule has 28 heavy (non-hydrogen) atoms. The summed E-state index contributed by atoms with van der Waals surface area (Å²) >= 11 is 0. The van der Waals surface area contributed by atoms with Crippen molar-refractivity contribution in [2.24, 2.45) is 0 Å². The molecule has 0 spiro atoms.